The summed E-state index contributed by atoms with van der Waals surface area (Å²) >= 11 is 6.09. The predicted molar refractivity (Wildman–Crippen MR) is 107 cm³/mol. The van der Waals surface area contributed by atoms with Gasteiger partial charge in [0.1, 0.15) is 5.75 Å². The molecule has 3 rings (SSSR count). The Morgan fingerprint density at radius 1 is 1.32 bits per heavy atom. The van der Waals surface area contributed by atoms with E-state index in [-0.39, 0.29) is 42.0 Å². The lowest BCUT2D eigenvalue weighted by Crippen LogP contribution is -2.59. The molecule has 1 saturated heterocycles. The number of methoxy groups -OCH3 is 1. The second kappa shape index (κ2) is 7.07. The quantitative estimate of drug-likeness (QED) is 0.754. The lowest BCUT2D eigenvalue weighted by atomic mass is 9.62. The molecule has 6 nitrogen and oxygen atoms in total. The van der Waals surface area contributed by atoms with Gasteiger partial charge in [-0.25, -0.2) is 0 Å². The van der Waals surface area contributed by atoms with E-state index in [4.69, 9.17) is 16.3 Å². The number of nitrogens with zero attached hydrogens (tertiary/aromatic N) is 1. The Morgan fingerprint density at radius 2 is 2.00 bits per heavy atom. The van der Waals surface area contributed by atoms with Crippen molar-refractivity contribution in [3.63, 3.8) is 0 Å². The molecule has 1 aromatic carbocycles. The number of rotatable bonds is 5. The number of fused-ring (bicyclic) bond motifs is 2. The Morgan fingerprint density at radius 3 is 2.64 bits per heavy atom. The van der Waals surface area contributed by atoms with Crippen molar-refractivity contribution in [3.05, 3.63) is 22.7 Å². The normalized spacial score (nSPS) is 25.8. The van der Waals surface area contributed by atoms with Crippen LogP contribution in [0.2, 0.25) is 5.02 Å². The molecule has 2 bridgehead atoms. The van der Waals surface area contributed by atoms with E-state index >= 15 is 0 Å². The van der Waals surface area contributed by atoms with E-state index in [0.29, 0.717) is 22.9 Å². The van der Waals surface area contributed by atoms with E-state index < -0.39 is 5.41 Å². The van der Waals surface area contributed by atoms with Crippen molar-refractivity contribution in [2.24, 2.45) is 16.7 Å². The number of nitrogens with one attached hydrogen (secondary N) is 1. The zero-order valence-corrected chi connectivity index (χ0v) is 17.8. The number of piperidine rings is 1. The zero-order valence-electron chi connectivity index (χ0n) is 17.0. The highest BCUT2D eigenvalue weighted by molar-refractivity contribution is 6.31. The van der Waals surface area contributed by atoms with Crippen molar-refractivity contribution in [1.82, 2.24) is 4.90 Å². The third-order valence-electron chi connectivity index (χ3n) is 6.82. The Labute approximate surface area is 170 Å². The summed E-state index contributed by atoms with van der Waals surface area (Å²) in [5.41, 5.74) is 0.414. The predicted octanol–water partition coefficient (Wildman–Crippen LogP) is 3.80. The number of aryl methyl sites for hydroxylation is 1. The maximum absolute atomic E-state index is 13.0. The van der Waals surface area contributed by atoms with Gasteiger partial charge in [0.15, 0.2) is 0 Å². The third kappa shape index (κ3) is 3.08. The van der Waals surface area contributed by atoms with Gasteiger partial charge in [-0.15, -0.1) is 0 Å². The highest BCUT2D eigenvalue weighted by atomic mass is 35.5. The molecule has 152 valence electrons. The van der Waals surface area contributed by atoms with E-state index in [1.165, 1.54) is 12.0 Å². The van der Waals surface area contributed by atoms with E-state index in [1.54, 1.807) is 12.1 Å². The molecule has 2 atom stereocenters. The zero-order chi connectivity index (χ0) is 20.9. The Kier molecular flexibility index (Phi) is 5.21. The van der Waals surface area contributed by atoms with Gasteiger partial charge in [-0.05, 0) is 36.8 Å². The average Bonchev–Trinajstić information content (AvgIpc) is 2.81. The molecule has 2 unspecified atom stereocenters. The summed E-state index contributed by atoms with van der Waals surface area (Å²) in [5.74, 6) is -0.316. The molecule has 1 saturated carbocycles. The number of halogens is 1. The van der Waals surface area contributed by atoms with Crippen LogP contribution in [0, 0.1) is 23.7 Å². The summed E-state index contributed by atoms with van der Waals surface area (Å²) in [6.07, 6.45) is 1.46. The Hall–Kier alpha value is -2.08. The van der Waals surface area contributed by atoms with Gasteiger partial charge in [0.05, 0.1) is 18.2 Å². The standard InChI is InChI=1S/C21H27ClN2O4/c1-12-10-15(16(28-5)11-14(12)22)23-17(25)7-9-24-18(26)13-6-8-21(4,19(24)27)20(13,2)3/h10-11,13H,6-9H2,1-5H3,(H,23,25). The first-order valence-corrected chi connectivity index (χ1v) is 9.90. The van der Waals surface area contributed by atoms with Crippen molar-refractivity contribution in [3.8, 4) is 5.75 Å². The van der Waals surface area contributed by atoms with E-state index in [0.717, 1.165) is 12.0 Å². The molecule has 2 fully saturated rings. The lowest BCUT2D eigenvalue weighted by Gasteiger charge is -2.47. The first kappa shape index (κ1) is 20.6. The van der Waals surface area contributed by atoms with Crippen LogP contribution in [0.25, 0.3) is 0 Å². The van der Waals surface area contributed by atoms with Crippen LogP contribution in [0.5, 0.6) is 5.75 Å². The molecule has 1 aliphatic carbocycles. The van der Waals surface area contributed by atoms with Gasteiger partial charge in [-0.1, -0.05) is 32.4 Å². The molecule has 2 aliphatic rings. The number of hydrogen-bond acceptors (Lipinski definition) is 4. The van der Waals surface area contributed by atoms with Gasteiger partial charge in [0.2, 0.25) is 17.7 Å². The molecule has 0 radical (unpaired) electrons. The van der Waals surface area contributed by atoms with E-state index in [9.17, 15) is 14.4 Å². The average molecular weight is 407 g/mol. The minimum Gasteiger partial charge on any atom is -0.495 e. The van der Waals surface area contributed by atoms with Gasteiger partial charge in [-0.2, -0.15) is 0 Å². The maximum Gasteiger partial charge on any atom is 0.235 e. The van der Waals surface area contributed by atoms with Crippen LogP contribution < -0.4 is 10.1 Å². The van der Waals surface area contributed by atoms with Crippen LogP contribution in [0.4, 0.5) is 5.69 Å². The van der Waals surface area contributed by atoms with Gasteiger partial charge >= 0.3 is 0 Å². The van der Waals surface area contributed by atoms with Gasteiger partial charge in [0, 0.05) is 30.0 Å². The molecule has 1 aliphatic heterocycles. The largest absolute Gasteiger partial charge is 0.495 e. The van der Waals surface area contributed by atoms with Crippen LogP contribution in [-0.4, -0.2) is 36.3 Å². The lowest BCUT2D eigenvalue weighted by molar-refractivity contribution is -0.167. The number of carbonyl (C=O) groups is 3. The Balaban J connectivity index is 1.70. The van der Waals surface area contributed by atoms with Crippen molar-refractivity contribution >= 4 is 35.0 Å². The molecular weight excluding hydrogens is 380 g/mol. The number of imide groups is 1. The van der Waals surface area contributed by atoms with Crippen molar-refractivity contribution < 1.29 is 19.1 Å². The summed E-state index contributed by atoms with van der Waals surface area (Å²) in [5, 5.41) is 3.34. The van der Waals surface area contributed by atoms with Gasteiger partial charge < -0.3 is 10.1 Å². The minimum absolute atomic E-state index is 0.0333. The number of benzene rings is 1. The summed E-state index contributed by atoms with van der Waals surface area (Å²) in [7, 11) is 1.50. The Bertz CT molecular complexity index is 851. The van der Waals surface area contributed by atoms with Crippen LogP contribution in [0.3, 0.4) is 0 Å². The van der Waals surface area contributed by atoms with Crippen molar-refractivity contribution in [2.75, 3.05) is 19.0 Å². The smallest absolute Gasteiger partial charge is 0.235 e. The molecule has 1 aromatic rings. The van der Waals surface area contributed by atoms with Crippen LogP contribution in [0.15, 0.2) is 12.1 Å². The van der Waals surface area contributed by atoms with Crippen molar-refractivity contribution in [2.45, 2.75) is 47.0 Å². The number of carbonyl (C=O) groups excluding carboxylic acids is 3. The molecule has 3 amide bonds. The maximum atomic E-state index is 13.0. The summed E-state index contributed by atoms with van der Waals surface area (Å²) in [4.78, 5) is 39.6. The topological polar surface area (TPSA) is 75.7 Å². The number of hydrogen-bond donors (Lipinski definition) is 1. The molecule has 28 heavy (non-hydrogen) atoms. The summed E-state index contributed by atoms with van der Waals surface area (Å²) in [6.45, 7) is 7.86. The number of likely N-dealkylation sites (tertiary alicyclic amines) is 1. The summed E-state index contributed by atoms with van der Waals surface area (Å²) < 4.78 is 5.27. The second-order valence-electron chi connectivity index (χ2n) is 8.54. The van der Waals surface area contributed by atoms with Crippen LogP contribution in [-0.2, 0) is 14.4 Å². The molecular formula is C21H27ClN2O4. The fraction of sp³-hybridized carbons (Fsp3) is 0.571. The van der Waals surface area contributed by atoms with Crippen LogP contribution >= 0.6 is 11.6 Å². The molecule has 0 aromatic heterocycles. The van der Waals surface area contributed by atoms with Gasteiger partial charge in [0.25, 0.3) is 0 Å². The SMILES string of the molecule is COc1cc(Cl)c(C)cc1NC(=O)CCN1C(=O)C2CCC(C)(C1=O)C2(C)C. The van der Waals surface area contributed by atoms with Crippen molar-refractivity contribution in [1.29, 1.82) is 0 Å². The number of ether oxygens (including phenoxy) is 1. The highest BCUT2D eigenvalue weighted by Gasteiger charge is 2.64. The number of anilines is 1. The molecule has 7 heteroatoms. The molecule has 0 spiro atoms. The van der Waals surface area contributed by atoms with Gasteiger partial charge in [-0.3, -0.25) is 19.3 Å². The molecule has 1 heterocycles. The fourth-order valence-electron chi connectivity index (χ4n) is 4.47. The van der Waals surface area contributed by atoms with E-state index in [1.807, 2.05) is 27.7 Å². The molecule has 1 N–H and O–H groups in total. The third-order valence-corrected chi connectivity index (χ3v) is 7.23. The monoisotopic (exact) mass is 406 g/mol. The number of amides is 3. The minimum atomic E-state index is -0.557. The first-order chi connectivity index (χ1) is 13.0. The van der Waals surface area contributed by atoms with Crippen LogP contribution in [0.1, 0.15) is 45.6 Å². The second-order valence-corrected chi connectivity index (χ2v) is 8.95. The van der Waals surface area contributed by atoms with E-state index in [2.05, 4.69) is 5.32 Å². The fourth-order valence-corrected chi connectivity index (χ4v) is 4.62. The first-order valence-electron chi connectivity index (χ1n) is 9.52. The summed E-state index contributed by atoms with van der Waals surface area (Å²) in [6, 6.07) is 3.38. The highest BCUT2D eigenvalue weighted by Crippen LogP contribution is 2.60.